The van der Waals surface area contributed by atoms with Crippen molar-refractivity contribution in [2.24, 2.45) is 0 Å². The Hall–Kier alpha value is -3.88. The highest BCUT2D eigenvalue weighted by Crippen LogP contribution is 2.38. The molecule has 2 N–H and O–H groups in total. The molecule has 1 atom stereocenters. The second-order valence-electron chi connectivity index (χ2n) is 13.2. The molecule has 0 bridgehead atoms. The molecule has 2 aliphatic heterocycles. The molecule has 10 nitrogen and oxygen atoms in total. The largest absolute Gasteiger partial charge is 0.461 e. The fraction of sp³-hybridized carbons (Fsp3) is 0.515. The van der Waals surface area contributed by atoms with E-state index in [2.05, 4.69) is 26.5 Å². The molecule has 6 rings (SSSR count). The Kier molecular flexibility index (Phi) is 8.63. The van der Waals surface area contributed by atoms with Crippen LogP contribution in [-0.4, -0.2) is 66.0 Å². The van der Waals surface area contributed by atoms with E-state index >= 15 is 0 Å². The molecular weight excluding hydrogens is 597 g/mol. The molecule has 3 aromatic rings. The van der Waals surface area contributed by atoms with Gasteiger partial charge in [0.05, 0.1) is 35.3 Å². The van der Waals surface area contributed by atoms with Crippen LogP contribution >= 0.6 is 11.6 Å². The van der Waals surface area contributed by atoms with Gasteiger partial charge in [0.1, 0.15) is 23.8 Å². The molecule has 0 unspecified atom stereocenters. The van der Waals surface area contributed by atoms with Crippen molar-refractivity contribution in [3.8, 4) is 12.1 Å². The van der Waals surface area contributed by atoms with Crippen molar-refractivity contribution in [2.75, 3.05) is 42.6 Å². The number of aromatic nitrogens is 2. The molecule has 12 heteroatoms. The minimum atomic E-state index is -0.606. The van der Waals surface area contributed by atoms with Crippen molar-refractivity contribution in [3.63, 3.8) is 0 Å². The molecule has 1 aliphatic carbocycles. The summed E-state index contributed by atoms with van der Waals surface area (Å²) in [7, 11) is 0. The smallest absolute Gasteiger partial charge is 0.408 e. The molecule has 2 fully saturated rings. The lowest BCUT2D eigenvalue weighted by Gasteiger charge is -2.42. The normalized spacial score (nSPS) is 19.3. The van der Waals surface area contributed by atoms with Gasteiger partial charge in [-0.3, -0.25) is 0 Å². The summed E-state index contributed by atoms with van der Waals surface area (Å²) in [6, 6.07) is 11.5. The number of hydrogen-bond donors (Lipinski definition) is 2. The lowest BCUT2D eigenvalue weighted by molar-refractivity contribution is 0.0284. The summed E-state index contributed by atoms with van der Waals surface area (Å²) in [5.74, 6) is 0.355. The first-order chi connectivity index (χ1) is 21.5. The van der Waals surface area contributed by atoms with Gasteiger partial charge in [-0.05, 0) is 64.0 Å². The highest BCUT2D eigenvalue weighted by atomic mass is 35.5. The van der Waals surface area contributed by atoms with Crippen molar-refractivity contribution >= 4 is 40.0 Å². The average molecular weight is 636 g/mol. The Labute approximate surface area is 267 Å². The first-order valence-corrected chi connectivity index (χ1v) is 15.9. The quantitative estimate of drug-likeness (QED) is 0.347. The Morgan fingerprint density at radius 2 is 2.04 bits per heavy atom. The topological polar surface area (TPSA) is 116 Å². The number of nitrogens with one attached hydrogen (secondary N) is 2. The summed E-state index contributed by atoms with van der Waals surface area (Å²) < 4.78 is 26.4. The number of rotatable bonds is 7. The van der Waals surface area contributed by atoms with Gasteiger partial charge in [0.15, 0.2) is 0 Å². The van der Waals surface area contributed by atoms with Gasteiger partial charge in [0.25, 0.3) is 0 Å². The number of carbonyl (C=O) groups excluding carboxylic acids is 1. The summed E-state index contributed by atoms with van der Waals surface area (Å²) in [6.45, 7) is 8.96. The van der Waals surface area contributed by atoms with Gasteiger partial charge in [0.2, 0.25) is 0 Å². The van der Waals surface area contributed by atoms with Crippen molar-refractivity contribution in [3.05, 3.63) is 52.4 Å². The predicted octanol–water partition coefficient (Wildman–Crippen LogP) is 5.50. The molecule has 3 aliphatic rings. The number of anilines is 2. The number of carbonyl (C=O) groups is 1. The minimum Gasteiger partial charge on any atom is -0.461 e. The zero-order valence-corrected chi connectivity index (χ0v) is 26.7. The van der Waals surface area contributed by atoms with Gasteiger partial charge < -0.3 is 29.9 Å². The SMILES string of the molecule is CC(C)(C)OC(=O)NC1(COc2nc3c(c(N4CCN[C@@H](CC#N)C4)n2)CCN(c2cccc4ccc(F)c(Cl)c24)C3)CCC1. The van der Waals surface area contributed by atoms with E-state index in [1.165, 1.54) is 6.07 Å². The zero-order valence-electron chi connectivity index (χ0n) is 26.0. The molecule has 0 radical (unpaired) electrons. The van der Waals surface area contributed by atoms with Crippen LogP contribution in [0.4, 0.5) is 20.7 Å². The van der Waals surface area contributed by atoms with Crippen LogP contribution in [0.15, 0.2) is 30.3 Å². The minimum absolute atomic E-state index is 0.0304. The number of amides is 1. The molecule has 1 saturated carbocycles. The van der Waals surface area contributed by atoms with Crippen molar-refractivity contribution < 1.29 is 18.7 Å². The van der Waals surface area contributed by atoms with Crippen molar-refractivity contribution in [1.29, 1.82) is 5.26 Å². The number of hydrogen-bond acceptors (Lipinski definition) is 9. The summed E-state index contributed by atoms with van der Waals surface area (Å²) in [5.41, 5.74) is 1.55. The van der Waals surface area contributed by atoms with Crippen LogP contribution in [0.2, 0.25) is 5.02 Å². The van der Waals surface area contributed by atoms with Crippen LogP contribution in [0.3, 0.4) is 0 Å². The molecular formula is C33H39ClFN7O3. The summed E-state index contributed by atoms with van der Waals surface area (Å²) in [4.78, 5) is 26.8. The maximum Gasteiger partial charge on any atom is 0.408 e. The lowest BCUT2D eigenvalue weighted by atomic mass is 9.77. The molecule has 45 heavy (non-hydrogen) atoms. The predicted molar refractivity (Wildman–Crippen MR) is 171 cm³/mol. The van der Waals surface area contributed by atoms with Crippen LogP contribution in [0, 0.1) is 17.1 Å². The third kappa shape index (κ3) is 6.72. The monoisotopic (exact) mass is 635 g/mol. The number of nitriles is 1. The van der Waals surface area contributed by atoms with E-state index in [1.54, 1.807) is 6.07 Å². The van der Waals surface area contributed by atoms with E-state index in [-0.39, 0.29) is 23.7 Å². The van der Waals surface area contributed by atoms with Crippen LogP contribution in [0.5, 0.6) is 6.01 Å². The molecule has 3 heterocycles. The standard InChI is InChI=1S/C33H39ClFN7O3/c1-32(2,3)45-31(43)40-33(12-5-13-33)20-44-30-38-25-19-41(26-7-4-6-21-8-9-24(35)28(34)27(21)26)16-11-23(25)29(39-30)42-17-15-37-22(18-42)10-14-36/h4,6-9,22,37H,5,10-13,15-20H2,1-3H3,(H,40,43)/t22-/m0/s1. The Bertz CT molecular complexity index is 1640. The van der Waals surface area contributed by atoms with E-state index in [0.29, 0.717) is 37.9 Å². The van der Waals surface area contributed by atoms with Gasteiger partial charge in [-0.25, -0.2) is 9.18 Å². The number of nitrogens with zero attached hydrogens (tertiary/aromatic N) is 5. The zero-order chi connectivity index (χ0) is 31.8. The van der Waals surface area contributed by atoms with Gasteiger partial charge in [-0.15, -0.1) is 0 Å². The first kappa shape index (κ1) is 31.1. The average Bonchev–Trinajstić information content (AvgIpc) is 2.98. The van der Waals surface area contributed by atoms with E-state index < -0.39 is 23.1 Å². The molecule has 1 saturated heterocycles. The lowest BCUT2D eigenvalue weighted by Crippen LogP contribution is -2.58. The maximum absolute atomic E-state index is 14.6. The number of benzene rings is 2. The molecule has 238 valence electrons. The Morgan fingerprint density at radius 3 is 2.78 bits per heavy atom. The number of fused-ring (bicyclic) bond motifs is 2. The fourth-order valence-corrected chi connectivity index (χ4v) is 6.64. The second-order valence-corrected chi connectivity index (χ2v) is 13.5. The second kappa shape index (κ2) is 12.5. The van der Waals surface area contributed by atoms with Crippen LogP contribution in [0.1, 0.15) is 57.7 Å². The Morgan fingerprint density at radius 1 is 1.22 bits per heavy atom. The van der Waals surface area contributed by atoms with Crippen LogP contribution in [0.25, 0.3) is 10.8 Å². The summed E-state index contributed by atoms with van der Waals surface area (Å²) in [5, 5.41) is 17.4. The maximum atomic E-state index is 14.6. The Balaban J connectivity index is 1.31. The number of alkyl carbamates (subject to hydrolysis) is 1. The highest BCUT2D eigenvalue weighted by Gasteiger charge is 2.41. The van der Waals surface area contributed by atoms with Crippen molar-refractivity contribution in [1.82, 2.24) is 20.6 Å². The number of ether oxygens (including phenoxy) is 2. The fourth-order valence-electron chi connectivity index (χ4n) is 6.37. The van der Waals surface area contributed by atoms with Crippen molar-refractivity contribution in [2.45, 2.75) is 76.6 Å². The third-order valence-electron chi connectivity index (χ3n) is 8.72. The highest BCUT2D eigenvalue weighted by molar-refractivity contribution is 6.36. The van der Waals surface area contributed by atoms with E-state index in [9.17, 15) is 14.4 Å². The molecule has 2 aromatic carbocycles. The van der Waals surface area contributed by atoms with Gasteiger partial charge in [0, 0.05) is 48.9 Å². The van der Waals surface area contributed by atoms with E-state index in [0.717, 1.165) is 60.5 Å². The third-order valence-corrected chi connectivity index (χ3v) is 9.09. The summed E-state index contributed by atoms with van der Waals surface area (Å²) >= 11 is 6.49. The van der Waals surface area contributed by atoms with E-state index in [4.69, 9.17) is 31.0 Å². The summed E-state index contributed by atoms with van der Waals surface area (Å²) in [6.07, 6.45) is 3.11. The van der Waals surface area contributed by atoms with Gasteiger partial charge in [-0.1, -0.05) is 29.8 Å². The number of halogens is 2. The molecule has 1 aromatic heterocycles. The van der Waals surface area contributed by atoms with Gasteiger partial charge >= 0.3 is 12.1 Å². The van der Waals surface area contributed by atoms with Crippen LogP contribution in [-0.2, 0) is 17.7 Å². The number of piperazine rings is 1. The van der Waals surface area contributed by atoms with Gasteiger partial charge in [-0.2, -0.15) is 15.2 Å². The molecule has 1 amide bonds. The van der Waals surface area contributed by atoms with Crippen LogP contribution < -0.4 is 25.2 Å². The molecule has 0 spiro atoms. The first-order valence-electron chi connectivity index (χ1n) is 15.5. The van der Waals surface area contributed by atoms with E-state index in [1.807, 2.05) is 39.0 Å².